The summed E-state index contributed by atoms with van der Waals surface area (Å²) in [5.74, 6) is 3.15. The van der Waals surface area contributed by atoms with Crippen molar-refractivity contribution in [3.63, 3.8) is 0 Å². The van der Waals surface area contributed by atoms with Gasteiger partial charge in [0.15, 0.2) is 5.82 Å². The fourth-order valence-corrected chi connectivity index (χ4v) is 5.92. The van der Waals surface area contributed by atoms with Crippen molar-refractivity contribution in [3.8, 4) is 0 Å². The van der Waals surface area contributed by atoms with Gasteiger partial charge in [-0.1, -0.05) is 30.3 Å². The molecule has 4 heterocycles. The van der Waals surface area contributed by atoms with Crippen LogP contribution in [0.1, 0.15) is 58.8 Å². The molecule has 1 unspecified atom stereocenters. The lowest BCUT2D eigenvalue weighted by molar-refractivity contribution is -0.0113. The minimum Gasteiger partial charge on any atom is -0.298 e. The summed E-state index contributed by atoms with van der Waals surface area (Å²) in [5.41, 5.74) is 5.45. The van der Waals surface area contributed by atoms with Crippen molar-refractivity contribution in [2.75, 3.05) is 26.2 Å². The minimum absolute atomic E-state index is 0.249. The molecule has 2 aromatic heterocycles. The van der Waals surface area contributed by atoms with Crippen molar-refractivity contribution in [1.82, 2.24) is 34.8 Å². The smallest absolute Gasteiger partial charge is 0.153 e. The lowest BCUT2D eigenvalue weighted by Crippen LogP contribution is -2.59. The van der Waals surface area contributed by atoms with Gasteiger partial charge in [-0.2, -0.15) is 10.2 Å². The Kier molecular flexibility index (Phi) is 4.73. The number of hydrogen-bond donors (Lipinski definition) is 1. The predicted molar refractivity (Wildman–Crippen MR) is 123 cm³/mol. The molecule has 1 aromatic carbocycles. The van der Waals surface area contributed by atoms with E-state index in [1.807, 2.05) is 11.7 Å². The zero-order valence-corrected chi connectivity index (χ0v) is 19.4. The molecule has 1 atom stereocenters. The Morgan fingerprint density at radius 3 is 2.47 bits per heavy atom. The summed E-state index contributed by atoms with van der Waals surface area (Å²) in [5, 5.41) is 12.5. The van der Waals surface area contributed by atoms with Crippen molar-refractivity contribution in [3.05, 3.63) is 64.5 Å². The zero-order chi connectivity index (χ0) is 21.9. The maximum absolute atomic E-state index is 4.99. The number of nitrogens with zero attached hydrogens (tertiary/aromatic N) is 6. The summed E-state index contributed by atoms with van der Waals surface area (Å²) < 4.78 is 2.01. The number of nitrogens with one attached hydrogen (secondary N) is 1. The van der Waals surface area contributed by atoms with Crippen LogP contribution in [0.5, 0.6) is 0 Å². The van der Waals surface area contributed by atoms with Crippen molar-refractivity contribution in [2.24, 2.45) is 12.5 Å². The van der Waals surface area contributed by atoms with E-state index < -0.39 is 0 Å². The van der Waals surface area contributed by atoms with Gasteiger partial charge in [0.2, 0.25) is 0 Å². The molecule has 0 bridgehead atoms. The van der Waals surface area contributed by atoms with Crippen LogP contribution in [0.25, 0.3) is 0 Å². The van der Waals surface area contributed by atoms with E-state index >= 15 is 0 Å². The largest absolute Gasteiger partial charge is 0.298 e. The number of aromatic nitrogens is 5. The standard InChI is InChI=1S/C25H33N7/c1-17-21(18(2)30(3)29-17)12-32-15-25(16-32)14-31(11-19-7-5-4-6-8-19)13-22(25)24-26-23(27-28-24)20-9-10-20/h4-8,20,22H,9-16H2,1-3H3,(H,26,27,28). The molecule has 1 aliphatic carbocycles. The molecule has 0 amide bonds. The van der Waals surface area contributed by atoms with Crippen LogP contribution in [0, 0.1) is 19.3 Å². The van der Waals surface area contributed by atoms with E-state index in [0.29, 0.717) is 11.8 Å². The molecule has 3 aliphatic rings. The first-order chi connectivity index (χ1) is 15.5. The summed E-state index contributed by atoms with van der Waals surface area (Å²) in [6.07, 6.45) is 2.48. The third-order valence-corrected chi connectivity index (χ3v) is 7.88. The third-order valence-electron chi connectivity index (χ3n) is 7.88. The second-order valence-corrected chi connectivity index (χ2v) is 10.3. The molecule has 2 aliphatic heterocycles. The Morgan fingerprint density at radius 2 is 1.78 bits per heavy atom. The average molecular weight is 432 g/mol. The molecule has 32 heavy (non-hydrogen) atoms. The van der Waals surface area contributed by atoms with Crippen molar-refractivity contribution in [2.45, 2.75) is 51.6 Å². The Morgan fingerprint density at radius 1 is 1.03 bits per heavy atom. The van der Waals surface area contributed by atoms with Crippen LogP contribution >= 0.6 is 0 Å². The maximum atomic E-state index is 4.99. The molecule has 1 spiro atoms. The Hall–Kier alpha value is -2.51. The summed E-state index contributed by atoms with van der Waals surface area (Å²) in [4.78, 5) is 10.2. The second kappa shape index (κ2) is 7.52. The Balaban J connectivity index is 1.22. The van der Waals surface area contributed by atoms with E-state index in [0.717, 1.165) is 56.6 Å². The number of likely N-dealkylation sites (tertiary alicyclic amines) is 2. The average Bonchev–Trinajstić information content (AvgIpc) is 3.29. The number of hydrogen-bond acceptors (Lipinski definition) is 5. The van der Waals surface area contributed by atoms with Crippen LogP contribution in [0.15, 0.2) is 30.3 Å². The molecular formula is C25H33N7. The van der Waals surface area contributed by atoms with Gasteiger partial charge in [-0.3, -0.25) is 19.6 Å². The number of benzene rings is 1. The molecular weight excluding hydrogens is 398 g/mol. The fraction of sp³-hybridized carbons (Fsp3) is 0.560. The van der Waals surface area contributed by atoms with E-state index in [4.69, 9.17) is 4.98 Å². The van der Waals surface area contributed by atoms with Gasteiger partial charge < -0.3 is 0 Å². The first-order valence-electron chi connectivity index (χ1n) is 11.9. The highest BCUT2D eigenvalue weighted by Crippen LogP contribution is 2.49. The first kappa shape index (κ1) is 20.1. The minimum atomic E-state index is 0.249. The normalized spacial score (nSPS) is 23.2. The van der Waals surface area contributed by atoms with E-state index in [9.17, 15) is 0 Å². The molecule has 6 rings (SSSR count). The van der Waals surface area contributed by atoms with Gasteiger partial charge in [-0.15, -0.1) is 0 Å². The predicted octanol–water partition coefficient (Wildman–Crippen LogP) is 3.13. The van der Waals surface area contributed by atoms with Crippen molar-refractivity contribution >= 4 is 0 Å². The van der Waals surface area contributed by atoms with Crippen molar-refractivity contribution in [1.29, 1.82) is 0 Å². The van der Waals surface area contributed by atoms with Crippen LogP contribution in [-0.4, -0.2) is 60.9 Å². The van der Waals surface area contributed by atoms with Gasteiger partial charge in [0, 0.05) is 74.8 Å². The van der Waals surface area contributed by atoms with E-state index in [2.05, 4.69) is 69.3 Å². The van der Waals surface area contributed by atoms with E-state index in [1.165, 1.54) is 29.7 Å². The van der Waals surface area contributed by atoms with Crippen LogP contribution in [0.4, 0.5) is 0 Å². The number of H-pyrrole nitrogens is 1. The van der Waals surface area contributed by atoms with Gasteiger partial charge in [-0.25, -0.2) is 4.98 Å². The van der Waals surface area contributed by atoms with Crippen LogP contribution < -0.4 is 0 Å². The van der Waals surface area contributed by atoms with E-state index in [-0.39, 0.29) is 5.41 Å². The highest BCUT2D eigenvalue weighted by Gasteiger charge is 2.55. The SMILES string of the molecule is Cc1nn(C)c(C)c1CN1CC2(CN(Cc3ccccc3)CC2c2nc(C3CC3)n[nH]2)C1. The lowest BCUT2D eigenvalue weighted by Gasteiger charge is -2.51. The lowest BCUT2D eigenvalue weighted by atomic mass is 9.71. The molecule has 168 valence electrons. The molecule has 7 nitrogen and oxygen atoms in total. The quantitative estimate of drug-likeness (QED) is 0.650. The fourth-order valence-electron chi connectivity index (χ4n) is 5.92. The monoisotopic (exact) mass is 431 g/mol. The molecule has 7 heteroatoms. The van der Waals surface area contributed by atoms with E-state index in [1.54, 1.807) is 0 Å². The highest BCUT2D eigenvalue weighted by atomic mass is 15.3. The highest BCUT2D eigenvalue weighted by molar-refractivity contribution is 5.26. The zero-order valence-electron chi connectivity index (χ0n) is 19.4. The molecule has 1 saturated carbocycles. The Bertz CT molecular complexity index is 1100. The Labute approximate surface area is 189 Å². The number of aryl methyl sites for hydroxylation is 2. The molecule has 2 saturated heterocycles. The van der Waals surface area contributed by atoms with Gasteiger partial charge in [0.05, 0.1) is 5.69 Å². The number of aromatic amines is 1. The van der Waals surface area contributed by atoms with Crippen molar-refractivity contribution < 1.29 is 0 Å². The molecule has 3 aromatic rings. The van der Waals surface area contributed by atoms with Gasteiger partial charge in [-0.05, 0) is 32.3 Å². The molecule has 3 fully saturated rings. The third kappa shape index (κ3) is 3.48. The number of rotatable bonds is 6. The summed E-state index contributed by atoms with van der Waals surface area (Å²) in [7, 11) is 2.04. The van der Waals surface area contributed by atoms with Crippen LogP contribution in [0.2, 0.25) is 0 Å². The summed E-state index contributed by atoms with van der Waals surface area (Å²) >= 11 is 0. The molecule has 1 N–H and O–H groups in total. The summed E-state index contributed by atoms with van der Waals surface area (Å²) in [6.45, 7) is 10.7. The van der Waals surface area contributed by atoms with Gasteiger partial charge >= 0.3 is 0 Å². The van der Waals surface area contributed by atoms with Crippen LogP contribution in [-0.2, 0) is 20.1 Å². The van der Waals surface area contributed by atoms with Gasteiger partial charge in [0.25, 0.3) is 0 Å². The van der Waals surface area contributed by atoms with Gasteiger partial charge in [0.1, 0.15) is 5.82 Å². The second-order valence-electron chi connectivity index (χ2n) is 10.3. The topological polar surface area (TPSA) is 65.9 Å². The summed E-state index contributed by atoms with van der Waals surface area (Å²) in [6, 6.07) is 10.8. The first-order valence-corrected chi connectivity index (χ1v) is 11.9. The van der Waals surface area contributed by atoms with Crippen LogP contribution in [0.3, 0.4) is 0 Å². The molecule has 0 radical (unpaired) electrons. The maximum Gasteiger partial charge on any atom is 0.153 e.